The standard InChI is InChI=1S/C13H16N4/c1-9-7-15-13(16-9)17-6-5-11-10(8-17)3-2-4-12(11)14/h2-4,7H,5-6,8,14H2,1H3,(H,15,16). The Morgan fingerprint density at radius 2 is 2.29 bits per heavy atom. The van der Waals surface area contributed by atoms with E-state index in [1.54, 1.807) is 0 Å². The van der Waals surface area contributed by atoms with Gasteiger partial charge in [0, 0.05) is 30.7 Å². The van der Waals surface area contributed by atoms with Gasteiger partial charge >= 0.3 is 0 Å². The van der Waals surface area contributed by atoms with E-state index in [1.807, 2.05) is 25.3 Å². The van der Waals surface area contributed by atoms with Crippen LogP contribution in [0.5, 0.6) is 0 Å². The second kappa shape index (κ2) is 3.80. The first-order valence-corrected chi connectivity index (χ1v) is 5.87. The Morgan fingerprint density at radius 1 is 1.41 bits per heavy atom. The maximum Gasteiger partial charge on any atom is 0.203 e. The zero-order valence-corrected chi connectivity index (χ0v) is 9.90. The largest absolute Gasteiger partial charge is 0.398 e. The first kappa shape index (κ1) is 10.2. The van der Waals surface area contributed by atoms with E-state index in [0.29, 0.717) is 0 Å². The molecular weight excluding hydrogens is 212 g/mol. The number of hydrogen-bond acceptors (Lipinski definition) is 3. The predicted molar refractivity (Wildman–Crippen MR) is 68.9 cm³/mol. The lowest BCUT2D eigenvalue weighted by Crippen LogP contribution is -2.31. The fraction of sp³-hybridized carbons (Fsp3) is 0.308. The minimum Gasteiger partial charge on any atom is -0.398 e. The Bertz CT molecular complexity index is 544. The Hall–Kier alpha value is -1.97. The molecule has 1 aromatic heterocycles. The van der Waals surface area contributed by atoms with Crippen LogP contribution in [0.2, 0.25) is 0 Å². The highest BCUT2D eigenvalue weighted by Gasteiger charge is 2.19. The molecule has 1 aliphatic rings. The molecule has 0 unspecified atom stereocenters. The van der Waals surface area contributed by atoms with Gasteiger partial charge in [0.05, 0.1) is 0 Å². The molecule has 1 aromatic carbocycles. The molecule has 0 bridgehead atoms. The minimum absolute atomic E-state index is 0.882. The molecule has 3 N–H and O–H groups in total. The molecule has 17 heavy (non-hydrogen) atoms. The molecule has 0 saturated carbocycles. The number of aromatic amines is 1. The summed E-state index contributed by atoms with van der Waals surface area (Å²) in [6.45, 7) is 3.87. The molecule has 88 valence electrons. The van der Waals surface area contributed by atoms with Gasteiger partial charge in [-0.05, 0) is 30.5 Å². The smallest absolute Gasteiger partial charge is 0.203 e. The number of nitrogens with one attached hydrogen (secondary N) is 1. The number of imidazole rings is 1. The molecule has 0 atom stereocenters. The van der Waals surface area contributed by atoms with Crippen LogP contribution in [0.3, 0.4) is 0 Å². The van der Waals surface area contributed by atoms with E-state index < -0.39 is 0 Å². The van der Waals surface area contributed by atoms with Crippen molar-refractivity contribution in [3.05, 3.63) is 41.2 Å². The first-order chi connectivity index (χ1) is 8.24. The summed E-state index contributed by atoms with van der Waals surface area (Å²) in [4.78, 5) is 9.91. The molecule has 4 nitrogen and oxygen atoms in total. The molecule has 0 spiro atoms. The maximum absolute atomic E-state index is 5.99. The van der Waals surface area contributed by atoms with Crippen LogP contribution in [-0.4, -0.2) is 16.5 Å². The van der Waals surface area contributed by atoms with E-state index in [0.717, 1.165) is 36.8 Å². The summed E-state index contributed by atoms with van der Waals surface area (Å²) >= 11 is 0. The lowest BCUT2D eigenvalue weighted by Gasteiger charge is -2.29. The van der Waals surface area contributed by atoms with Crippen molar-refractivity contribution in [1.82, 2.24) is 9.97 Å². The number of anilines is 2. The quantitative estimate of drug-likeness (QED) is 0.732. The number of nitrogens with two attached hydrogens (primary N) is 1. The molecule has 0 amide bonds. The van der Waals surface area contributed by atoms with Crippen LogP contribution in [0, 0.1) is 6.92 Å². The van der Waals surface area contributed by atoms with Crippen LogP contribution in [0.4, 0.5) is 11.6 Å². The Balaban J connectivity index is 1.90. The summed E-state index contributed by atoms with van der Waals surface area (Å²) in [6, 6.07) is 6.14. The van der Waals surface area contributed by atoms with Crippen LogP contribution in [0.15, 0.2) is 24.4 Å². The van der Waals surface area contributed by atoms with E-state index in [2.05, 4.69) is 20.9 Å². The van der Waals surface area contributed by atoms with Gasteiger partial charge in [-0.25, -0.2) is 4.98 Å². The molecule has 0 aliphatic carbocycles. The van der Waals surface area contributed by atoms with Gasteiger partial charge in [-0.2, -0.15) is 0 Å². The zero-order valence-electron chi connectivity index (χ0n) is 9.90. The van der Waals surface area contributed by atoms with Crippen molar-refractivity contribution in [3.63, 3.8) is 0 Å². The molecule has 4 heteroatoms. The number of rotatable bonds is 1. The van der Waals surface area contributed by atoms with Crippen molar-refractivity contribution in [2.45, 2.75) is 19.9 Å². The number of nitrogen functional groups attached to an aromatic ring is 1. The van der Waals surface area contributed by atoms with Crippen LogP contribution in [-0.2, 0) is 13.0 Å². The molecule has 3 rings (SSSR count). The summed E-state index contributed by atoms with van der Waals surface area (Å²) in [5, 5.41) is 0. The Labute approximate surface area is 100 Å². The minimum atomic E-state index is 0.882. The maximum atomic E-state index is 5.99. The zero-order chi connectivity index (χ0) is 11.8. The number of H-pyrrole nitrogens is 1. The monoisotopic (exact) mass is 228 g/mol. The molecule has 2 heterocycles. The van der Waals surface area contributed by atoms with Gasteiger partial charge in [0.1, 0.15) is 0 Å². The summed E-state index contributed by atoms with van der Waals surface area (Å²) in [5.74, 6) is 0.954. The van der Waals surface area contributed by atoms with Crippen molar-refractivity contribution in [1.29, 1.82) is 0 Å². The van der Waals surface area contributed by atoms with Gasteiger partial charge in [-0.15, -0.1) is 0 Å². The van der Waals surface area contributed by atoms with Crippen LogP contribution in [0.25, 0.3) is 0 Å². The summed E-state index contributed by atoms with van der Waals surface area (Å²) in [6.07, 6.45) is 2.85. The normalized spacial score (nSPS) is 14.8. The third-order valence-corrected chi connectivity index (χ3v) is 3.29. The van der Waals surface area contributed by atoms with Crippen molar-refractivity contribution in [2.24, 2.45) is 0 Å². The van der Waals surface area contributed by atoms with Gasteiger partial charge in [-0.3, -0.25) is 0 Å². The van der Waals surface area contributed by atoms with E-state index in [-0.39, 0.29) is 0 Å². The second-order valence-corrected chi connectivity index (χ2v) is 4.55. The Morgan fingerprint density at radius 3 is 3.06 bits per heavy atom. The highest BCUT2D eigenvalue weighted by atomic mass is 15.3. The van der Waals surface area contributed by atoms with Crippen LogP contribution in [0.1, 0.15) is 16.8 Å². The lowest BCUT2D eigenvalue weighted by atomic mass is 9.98. The molecule has 0 saturated heterocycles. The highest BCUT2D eigenvalue weighted by molar-refractivity contribution is 5.54. The summed E-state index contributed by atoms with van der Waals surface area (Å²) in [5.41, 5.74) is 10.6. The molecule has 0 fully saturated rings. The number of benzene rings is 1. The molecule has 2 aromatic rings. The third kappa shape index (κ3) is 1.75. The van der Waals surface area contributed by atoms with Crippen LogP contribution < -0.4 is 10.6 Å². The second-order valence-electron chi connectivity index (χ2n) is 4.55. The molecule has 1 aliphatic heterocycles. The van der Waals surface area contributed by atoms with E-state index in [9.17, 15) is 0 Å². The number of aromatic nitrogens is 2. The SMILES string of the molecule is Cc1cnc(N2CCc3c(N)cccc3C2)[nH]1. The van der Waals surface area contributed by atoms with E-state index >= 15 is 0 Å². The summed E-state index contributed by atoms with van der Waals surface area (Å²) < 4.78 is 0. The average Bonchev–Trinajstić information content (AvgIpc) is 2.76. The van der Waals surface area contributed by atoms with Crippen molar-refractivity contribution in [3.8, 4) is 0 Å². The van der Waals surface area contributed by atoms with E-state index in [1.165, 1.54) is 11.1 Å². The van der Waals surface area contributed by atoms with Gasteiger partial charge < -0.3 is 15.6 Å². The van der Waals surface area contributed by atoms with Crippen LogP contribution >= 0.6 is 0 Å². The van der Waals surface area contributed by atoms with Gasteiger partial charge in [0.15, 0.2) is 0 Å². The molecular formula is C13H16N4. The first-order valence-electron chi connectivity index (χ1n) is 5.87. The van der Waals surface area contributed by atoms with Crippen molar-refractivity contribution >= 4 is 11.6 Å². The van der Waals surface area contributed by atoms with Gasteiger partial charge in [0.25, 0.3) is 0 Å². The van der Waals surface area contributed by atoms with Gasteiger partial charge in [-0.1, -0.05) is 12.1 Å². The average molecular weight is 228 g/mol. The van der Waals surface area contributed by atoms with Crippen molar-refractivity contribution in [2.75, 3.05) is 17.2 Å². The topological polar surface area (TPSA) is 57.9 Å². The number of fused-ring (bicyclic) bond motifs is 1. The third-order valence-electron chi connectivity index (χ3n) is 3.29. The number of nitrogens with zero attached hydrogens (tertiary/aromatic N) is 2. The predicted octanol–water partition coefficient (Wildman–Crippen LogP) is 1.86. The lowest BCUT2D eigenvalue weighted by molar-refractivity contribution is 0.714. The Kier molecular flexibility index (Phi) is 2.28. The fourth-order valence-corrected chi connectivity index (χ4v) is 2.38. The highest BCUT2D eigenvalue weighted by Crippen LogP contribution is 2.26. The van der Waals surface area contributed by atoms with E-state index in [4.69, 9.17) is 5.73 Å². The number of aryl methyl sites for hydroxylation is 1. The fourth-order valence-electron chi connectivity index (χ4n) is 2.38. The molecule has 0 radical (unpaired) electrons. The van der Waals surface area contributed by atoms with Crippen molar-refractivity contribution < 1.29 is 0 Å². The summed E-state index contributed by atoms with van der Waals surface area (Å²) in [7, 11) is 0. The number of hydrogen-bond donors (Lipinski definition) is 2. The van der Waals surface area contributed by atoms with Gasteiger partial charge in [0.2, 0.25) is 5.95 Å².